The van der Waals surface area contributed by atoms with Gasteiger partial charge in [-0.15, -0.1) is 0 Å². The monoisotopic (exact) mass is 320 g/mol. The fourth-order valence-electron chi connectivity index (χ4n) is 3.90. The van der Waals surface area contributed by atoms with Crippen LogP contribution in [0.3, 0.4) is 0 Å². The normalized spacial score (nSPS) is 34.5. The maximum Gasteiger partial charge on any atom is 0.0259 e. The lowest BCUT2D eigenvalue weighted by atomic mass is 9.58. The fraction of sp³-hybridized carbons (Fsp3) is 0.667. The third-order valence-electron chi connectivity index (χ3n) is 5.52. The third kappa shape index (κ3) is 2.39. The number of fused-ring (bicyclic) bond motifs is 3. The lowest BCUT2D eigenvalue weighted by Gasteiger charge is -2.51. The molecule has 1 aromatic rings. The van der Waals surface area contributed by atoms with Crippen LogP contribution < -0.4 is 0 Å². The molecule has 1 aromatic carbocycles. The first-order valence-corrected chi connectivity index (χ1v) is 8.42. The molecule has 0 aromatic heterocycles. The van der Waals surface area contributed by atoms with Gasteiger partial charge in [-0.05, 0) is 60.5 Å². The van der Waals surface area contributed by atoms with E-state index in [1.807, 2.05) is 0 Å². The van der Waals surface area contributed by atoms with Crippen LogP contribution in [0.1, 0.15) is 70.4 Å². The molecule has 2 bridgehead atoms. The van der Waals surface area contributed by atoms with E-state index in [4.69, 9.17) is 0 Å². The summed E-state index contributed by atoms with van der Waals surface area (Å²) < 4.78 is 0.486. The zero-order chi connectivity index (χ0) is 13.7. The van der Waals surface area contributed by atoms with Crippen molar-refractivity contribution in [1.29, 1.82) is 0 Å². The molecule has 104 valence electrons. The Morgan fingerprint density at radius 2 is 1.32 bits per heavy atom. The predicted octanol–water partition coefficient (Wildman–Crippen LogP) is 5.72. The average Bonchev–Trinajstić information content (AvgIpc) is 2.39. The highest BCUT2D eigenvalue weighted by Crippen LogP contribution is 2.56. The van der Waals surface area contributed by atoms with Crippen molar-refractivity contribution < 1.29 is 0 Å². The average molecular weight is 321 g/mol. The van der Waals surface area contributed by atoms with Crippen molar-refractivity contribution in [2.45, 2.75) is 74.5 Å². The van der Waals surface area contributed by atoms with Crippen molar-refractivity contribution in [2.24, 2.45) is 0 Å². The summed E-state index contributed by atoms with van der Waals surface area (Å²) in [6.07, 6.45) is 8.17. The van der Waals surface area contributed by atoms with E-state index in [1.54, 1.807) is 5.56 Å². The second-order valence-electron chi connectivity index (χ2n) is 7.76. The van der Waals surface area contributed by atoms with Gasteiger partial charge in [-0.1, -0.05) is 61.0 Å². The Morgan fingerprint density at radius 3 is 1.74 bits per heavy atom. The van der Waals surface area contributed by atoms with Crippen LogP contribution >= 0.6 is 15.9 Å². The Balaban J connectivity index is 1.87. The summed E-state index contributed by atoms with van der Waals surface area (Å²) in [5.41, 5.74) is 3.80. The lowest BCUT2D eigenvalue weighted by Crippen LogP contribution is -2.44. The Morgan fingerprint density at radius 1 is 0.842 bits per heavy atom. The number of rotatable bonds is 1. The number of alkyl halides is 1. The van der Waals surface area contributed by atoms with Gasteiger partial charge < -0.3 is 0 Å². The zero-order valence-electron chi connectivity index (χ0n) is 12.4. The van der Waals surface area contributed by atoms with Gasteiger partial charge in [0.2, 0.25) is 0 Å². The lowest BCUT2D eigenvalue weighted by molar-refractivity contribution is 0.162. The molecule has 0 saturated heterocycles. The fourth-order valence-corrected chi connectivity index (χ4v) is 4.49. The molecular formula is C18H25Br. The van der Waals surface area contributed by atoms with Crippen LogP contribution in [0.15, 0.2) is 24.3 Å². The van der Waals surface area contributed by atoms with Crippen molar-refractivity contribution in [3.05, 3.63) is 35.4 Å². The van der Waals surface area contributed by atoms with E-state index in [9.17, 15) is 0 Å². The SMILES string of the molecule is CC(C)(C)c1ccc(C23CCC(Br)(CC2)CC3)cc1. The van der Waals surface area contributed by atoms with Gasteiger partial charge in [0, 0.05) is 4.32 Å². The van der Waals surface area contributed by atoms with E-state index in [1.165, 1.54) is 44.1 Å². The highest BCUT2D eigenvalue weighted by atomic mass is 79.9. The van der Waals surface area contributed by atoms with Gasteiger partial charge in [-0.3, -0.25) is 0 Å². The maximum atomic E-state index is 3.97. The first-order valence-electron chi connectivity index (χ1n) is 7.63. The molecular weight excluding hydrogens is 296 g/mol. The van der Waals surface area contributed by atoms with E-state index in [2.05, 4.69) is 61.0 Å². The van der Waals surface area contributed by atoms with Gasteiger partial charge >= 0.3 is 0 Å². The molecule has 4 rings (SSSR count). The van der Waals surface area contributed by atoms with E-state index in [0.29, 0.717) is 9.74 Å². The topological polar surface area (TPSA) is 0 Å². The predicted molar refractivity (Wildman–Crippen MR) is 86.2 cm³/mol. The van der Waals surface area contributed by atoms with E-state index >= 15 is 0 Å². The Bertz CT molecular complexity index is 439. The molecule has 3 aliphatic rings. The van der Waals surface area contributed by atoms with Gasteiger partial charge in [-0.25, -0.2) is 0 Å². The van der Waals surface area contributed by atoms with E-state index in [0.717, 1.165) is 0 Å². The Kier molecular flexibility index (Phi) is 3.13. The summed E-state index contributed by atoms with van der Waals surface area (Å²) in [6.45, 7) is 6.88. The molecule has 0 amide bonds. The highest BCUT2D eigenvalue weighted by molar-refractivity contribution is 9.10. The van der Waals surface area contributed by atoms with Crippen molar-refractivity contribution in [2.75, 3.05) is 0 Å². The summed E-state index contributed by atoms with van der Waals surface area (Å²) >= 11 is 3.97. The molecule has 0 aliphatic heterocycles. The van der Waals surface area contributed by atoms with Crippen LogP contribution in [0.4, 0.5) is 0 Å². The molecule has 1 heteroatoms. The van der Waals surface area contributed by atoms with Gasteiger partial charge in [0.15, 0.2) is 0 Å². The molecule has 0 atom stereocenters. The summed E-state index contributed by atoms with van der Waals surface area (Å²) in [4.78, 5) is 0. The quantitative estimate of drug-likeness (QED) is 0.580. The highest BCUT2D eigenvalue weighted by Gasteiger charge is 2.47. The van der Waals surface area contributed by atoms with Crippen molar-refractivity contribution >= 4 is 15.9 Å². The van der Waals surface area contributed by atoms with Crippen LogP contribution in [0, 0.1) is 0 Å². The summed E-state index contributed by atoms with van der Waals surface area (Å²) in [5, 5.41) is 0. The molecule has 0 nitrogen and oxygen atoms in total. The number of halogens is 1. The number of hydrogen-bond acceptors (Lipinski definition) is 0. The summed E-state index contributed by atoms with van der Waals surface area (Å²) in [5.74, 6) is 0. The minimum absolute atomic E-state index is 0.264. The van der Waals surface area contributed by atoms with Crippen LogP contribution in [-0.4, -0.2) is 4.32 Å². The number of hydrogen-bond donors (Lipinski definition) is 0. The van der Waals surface area contributed by atoms with Gasteiger partial charge in [-0.2, -0.15) is 0 Å². The minimum Gasteiger partial charge on any atom is -0.0853 e. The Hall–Kier alpha value is -0.300. The molecule has 0 spiro atoms. The van der Waals surface area contributed by atoms with Crippen molar-refractivity contribution in [3.8, 4) is 0 Å². The molecule has 3 fully saturated rings. The molecule has 3 saturated carbocycles. The van der Waals surface area contributed by atoms with Gasteiger partial charge in [0.05, 0.1) is 0 Å². The molecule has 0 radical (unpaired) electrons. The molecule has 0 heterocycles. The second-order valence-corrected chi connectivity index (χ2v) is 9.44. The zero-order valence-corrected chi connectivity index (χ0v) is 14.0. The van der Waals surface area contributed by atoms with E-state index < -0.39 is 0 Å². The smallest absolute Gasteiger partial charge is 0.0259 e. The van der Waals surface area contributed by atoms with Crippen molar-refractivity contribution in [1.82, 2.24) is 0 Å². The first kappa shape index (κ1) is 13.7. The summed E-state index contributed by atoms with van der Waals surface area (Å²) in [7, 11) is 0. The standard InChI is InChI=1S/C18H25Br/c1-16(2,3)14-4-6-15(7-5-14)17-8-11-18(19,12-9-17)13-10-17/h4-7H,8-13H2,1-3H3. The van der Waals surface area contributed by atoms with Crippen LogP contribution in [0.2, 0.25) is 0 Å². The Labute approximate surface area is 126 Å². The molecule has 3 aliphatic carbocycles. The van der Waals surface area contributed by atoms with Crippen LogP contribution in [-0.2, 0) is 10.8 Å². The van der Waals surface area contributed by atoms with Gasteiger partial charge in [0.25, 0.3) is 0 Å². The second kappa shape index (κ2) is 4.35. The largest absolute Gasteiger partial charge is 0.0853 e. The molecule has 0 unspecified atom stereocenters. The first-order chi connectivity index (χ1) is 8.83. The third-order valence-corrected chi connectivity index (χ3v) is 6.71. The summed E-state index contributed by atoms with van der Waals surface area (Å²) in [6, 6.07) is 9.53. The molecule has 0 N–H and O–H groups in total. The van der Waals surface area contributed by atoms with Crippen LogP contribution in [0.5, 0.6) is 0 Å². The van der Waals surface area contributed by atoms with Crippen molar-refractivity contribution in [3.63, 3.8) is 0 Å². The number of benzene rings is 1. The maximum absolute atomic E-state index is 3.97. The molecule has 19 heavy (non-hydrogen) atoms. The van der Waals surface area contributed by atoms with Crippen LogP contribution in [0.25, 0.3) is 0 Å². The van der Waals surface area contributed by atoms with E-state index in [-0.39, 0.29) is 5.41 Å². The van der Waals surface area contributed by atoms with Gasteiger partial charge in [0.1, 0.15) is 0 Å². The minimum atomic E-state index is 0.264.